The van der Waals surface area contributed by atoms with Gasteiger partial charge in [-0.3, -0.25) is 9.59 Å². The van der Waals surface area contributed by atoms with E-state index in [-0.39, 0.29) is 5.91 Å². The predicted molar refractivity (Wildman–Crippen MR) is 126 cm³/mol. The lowest BCUT2D eigenvalue weighted by Gasteiger charge is -2.09. The molecule has 0 spiro atoms. The van der Waals surface area contributed by atoms with Gasteiger partial charge in [0.25, 0.3) is 5.91 Å². The molecule has 2 amide bonds. The molecule has 1 aromatic heterocycles. The Bertz CT molecular complexity index is 1320. The second kappa shape index (κ2) is 8.41. The second-order valence-electron chi connectivity index (χ2n) is 6.84. The molecule has 3 aromatic carbocycles. The lowest BCUT2D eigenvalue weighted by molar-refractivity contribution is 0.0997. The first-order valence-electron chi connectivity index (χ1n) is 9.21. The van der Waals surface area contributed by atoms with Crippen LogP contribution in [-0.2, 0) is 7.05 Å². The average Bonchev–Trinajstić information content (AvgIpc) is 3.05. The van der Waals surface area contributed by atoms with Gasteiger partial charge in [-0.05, 0) is 60.7 Å². The number of amides is 2. The first kappa shape index (κ1) is 20.9. The zero-order chi connectivity index (χ0) is 22.1. The van der Waals surface area contributed by atoms with Crippen LogP contribution >= 0.6 is 27.5 Å². The molecule has 0 saturated carbocycles. The molecule has 0 radical (unpaired) electrons. The fourth-order valence-corrected chi connectivity index (χ4v) is 3.57. The summed E-state index contributed by atoms with van der Waals surface area (Å²) in [4.78, 5) is 28.5. The molecule has 156 valence electrons. The highest BCUT2D eigenvalue weighted by molar-refractivity contribution is 9.10. The van der Waals surface area contributed by atoms with Gasteiger partial charge in [-0.1, -0.05) is 27.5 Å². The summed E-state index contributed by atoms with van der Waals surface area (Å²) < 4.78 is 2.79. The van der Waals surface area contributed by atoms with Gasteiger partial charge in [-0.15, -0.1) is 0 Å². The number of hydrogen-bond donors (Lipinski definition) is 3. The van der Waals surface area contributed by atoms with Gasteiger partial charge in [0.05, 0.1) is 21.7 Å². The van der Waals surface area contributed by atoms with Gasteiger partial charge in [0.2, 0.25) is 11.9 Å². The van der Waals surface area contributed by atoms with Crippen LogP contribution < -0.4 is 16.4 Å². The van der Waals surface area contributed by atoms with Crippen LogP contribution in [0.2, 0.25) is 5.02 Å². The number of aryl methyl sites for hydroxylation is 1. The van der Waals surface area contributed by atoms with Crippen LogP contribution in [0.3, 0.4) is 0 Å². The maximum atomic E-state index is 12.6. The van der Waals surface area contributed by atoms with Crippen molar-refractivity contribution in [2.45, 2.75) is 0 Å². The number of nitrogens with zero attached hydrogens (tertiary/aromatic N) is 2. The van der Waals surface area contributed by atoms with Crippen molar-refractivity contribution >= 4 is 67.7 Å². The highest BCUT2D eigenvalue weighted by atomic mass is 79.9. The number of rotatable bonds is 5. The zero-order valence-corrected chi connectivity index (χ0v) is 18.7. The number of carbonyl (C=O) groups excluding carboxylic acids is 2. The van der Waals surface area contributed by atoms with Crippen molar-refractivity contribution in [3.8, 4) is 0 Å². The molecule has 1 heterocycles. The fourth-order valence-electron chi connectivity index (χ4n) is 3.08. The molecule has 4 N–H and O–H groups in total. The number of aromatic nitrogens is 2. The third kappa shape index (κ3) is 4.40. The second-order valence-corrected chi connectivity index (χ2v) is 8.17. The minimum atomic E-state index is -0.551. The third-order valence-corrected chi connectivity index (χ3v) is 5.59. The smallest absolute Gasteiger partial charge is 0.255 e. The van der Waals surface area contributed by atoms with Crippen LogP contribution in [0.15, 0.2) is 65.1 Å². The first-order chi connectivity index (χ1) is 14.8. The lowest BCUT2D eigenvalue weighted by atomic mass is 10.2. The Morgan fingerprint density at radius 3 is 2.42 bits per heavy atom. The molecular formula is C22H17BrClN5O2. The topological polar surface area (TPSA) is 102 Å². The largest absolute Gasteiger partial charge is 0.366 e. The number of carbonyl (C=O) groups is 2. The van der Waals surface area contributed by atoms with Crippen LogP contribution in [0.25, 0.3) is 11.0 Å². The van der Waals surface area contributed by atoms with Gasteiger partial charge in [0.1, 0.15) is 0 Å². The zero-order valence-electron chi connectivity index (χ0n) is 16.3. The monoisotopic (exact) mass is 497 g/mol. The highest BCUT2D eigenvalue weighted by Crippen LogP contribution is 2.28. The molecule has 0 aliphatic rings. The molecule has 0 atom stereocenters. The Morgan fingerprint density at radius 2 is 1.74 bits per heavy atom. The lowest BCUT2D eigenvalue weighted by Crippen LogP contribution is -2.11. The van der Waals surface area contributed by atoms with Crippen molar-refractivity contribution in [2.24, 2.45) is 12.8 Å². The number of nitrogens with one attached hydrogen (secondary N) is 2. The van der Waals surface area contributed by atoms with Crippen LogP contribution in [0.1, 0.15) is 20.7 Å². The first-order valence-corrected chi connectivity index (χ1v) is 10.4. The number of benzene rings is 3. The van der Waals surface area contributed by atoms with Gasteiger partial charge >= 0.3 is 0 Å². The van der Waals surface area contributed by atoms with E-state index in [9.17, 15) is 9.59 Å². The maximum Gasteiger partial charge on any atom is 0.255 e. The van der Waals surface area contributed by atoms with Crippen molar-refractivity contribution in [1.29, 1.82) is 0 Å². The molecule has 4 aromatic rings. The minimum Gasteiger partial charge on any atom is -0.366 e. The molecule has 0 unspecified atom stereocenters. The van der Waals surface area contributed by atoms with Crippen molar-refractivity contribution in [3.63, 3.8) is 0 Å². The number of anilines is 3. The van der Waals surface area contributed by atoms with Crippen LogP contribution in [0.4, 0.5) is 17.3 Å². The summed E-state index contributed by atoms with van der Waals surface area (Å²) in [6, 6.07) is 17.4. The molecule has 0 aliphatic carbocycles. The summed E-state index contributed by atoms with van der Waals surface area (Å²) >= 11 is 9.64. The normalized spacial score (nSPS) is 10.8. The molecule has 31 heavy (non-hydrogen) atoms. The standard InChI is InChI=1S/C22H17BrClN5O2/c1-29-19-9-3-13(21(31)26-15-6-4-14(23)5-7-15)11-18(19)28-22(29)27-17-8-2-12(20(25)30)10-16(17)24/h2-11H,1H3,(H2,25,30)(H,26,31)(H,27,28). The van der Waals surface area contributed by atoms with Gasteiger partial charge < -0.3 is 20.9 Å². The van der Waals surface area contributed by atoms with E-state index in [4.69, 9.17) is 17.3 Å². The molecule has 0 bridgehead atoms. The summed E-state index contributed by atoms with van der Waals surface area (Å²) in [5.74, 6) is -0.242. The van der Waals surface area contributed by atoms with E-state index >= 15 is 0 Å². The quantitative estimate of drug-likeness (QED) is 0.357. The summed E-state index contributed by atoms with van der Waals surface area (Å²) in [5, 5.41) is 6.37. The molecule has 0 aliphatic heterocycles. The van der Waals surface area contributed by atoms with Gasteiger partial charge in [0.15, 0.2) is 0 Å². The highest BCUT2D eigenvalue weighted by Gasteiger charge is 2.14. The summed E-state index contributed by atoms with van der Waals surface area (Å²) in [6.07, 6.45) is 0. The Kier molecular flexibility index (Phi) is 5.67. The summed E-state index contributed by atoms with van der Waals surface area (Å²) in [7, 11) is 1.85. The van der Waals surface area contributed by atoms with E-state index in [0.29, 0.717) is 39.0 Å². The summed E-state index contributed by atoms with van der Waals surface area (Å²) in [6.45, 7) is 0. The molecule has 7 nitrogen and oxygen atoms in total. The van der Waals surface area contributed by atoms with Gasteiger partial charge in [-0.2, -0.15) is 0 Å². The van der Waals surface area contributed by atoms with Crippen molar-refractivity contribution in [1.82, 2.24) is 9.55 Å². The minimum absolute atomic E-state index is 0.227. The average molecular weight is 499 g/mol. The number of imidazole rings is 1. The van der Waals surface area contributed by atoms with E-state index in [1.54, 1.807) is 24.3 Å². The van der Waals surface area contributed by atoms with Crippen molar-refractivity contribution in [2.75, 3.05) is 10.6 Å². The summed E-state index contributed by atoms with van der Waals surface area (Å²) in [5.41, 5.74) is 8.87. The molecule has 0 saturated heterocycles. The van der Waals surface area contributed by atoms with Gasteiger partial charge in [0, 0.05) is 28.3 Å². The number of nitrogens with two attached hydrogens (primary N) is 1. The van der Waals surface area contributed by atoms with Gasteiger partial charge in [-0.25, -0.2) is 4.98 Å². The molecule has 4 rings (SSSR count). The van der Waals surface area contributed by atoms with E-state index in [2.05, 4.69) is 31.5 Å². The Labute approximate surface area is 191 Å². The predicted octanol–water partition coefficient (Wildman–Crippen LogP) is 5.08. The van der Waals surface area contributed by atoms with Crippen LogP contribution in [-0.4, -0.2) is 21.4 Å². The Hall–Kier alpha value is -3.36. The van der Waals surface area contributed by atoms with E-state index < -0.39 is 5.91 Å². The third-order valence-electron chi connectivity index (χ3n) is 4.75. The Morgan fingerprint density at radius 1 is 1.03 bits per heavy atom. The van der Waals surface area contributed by atoms with Crippen molar-refractivity contribution in [3.05, 3.63) is 81.3 Å². The Balaban J connectivity index is 1.59. The van der Waals surface area contributed by atoms with E-state index in [0.717, 1.165) is 9.99 Å². The van der Waals surface area contributed by atoms with Crippen molar-refractivity contribution < 1.29 is 9.59 Å². The number of halogens is 2. The number of fused-ring (bicyclic) bond motifs is 1. The van der Waals surface area contributed by atoms with Crippen LogP contribution in [0, 0.1) is 0 Å². The molecule has 0 fully saturated rings. The number of hydrogen-bond acceptors (Lipinski definition) is 4. The SMILES string of the molecule is Cn1c(Nc2ccc(C(N)=O)cc2Cl)nc2cc(C(=O)Nc3ccc(Br)cc3)ccc21. The van der Waals surface area contributed by atoms with E-state index in [1.807, 2.05) is 41.9 Å². The van der Waals surface area contributed by atoms with E-state index in [1.165, 1.54) is 6.07 Å². The molecule has 9 heteroatoms. The molecular weight excluding hydrogens is 482 g/mol. The number of primary amides is 1. The fraction of sp³-hybridized carbons (Fsp3) is 0.0455. The van der Waals surface area contributed by atoms with Crippen LogP contribution in [0.5, 0.6) is 0 Å². The maximum absolute atomic E-state index is 12.6.